The van der Waals surface area contributed by atoms with Crippen LogP contribution >= 0.6 is 11.6 Å². The second kappa shape index (κ2) is 9.43. The number of rotatable bonds is 7. The van der Waals surface area contributed by atoms with Gasteiger partial charge in [-0.25, -0.2) is 4.98 Å². The molecule has 1 heterocycles. The predicted octanol–water partition coefficient (Wildman–Crippen LogP) is 6.96. The first-order valence-corrected chi connectivity index (χ1v) is 10.1. The van der Waals surface area contributed by atoms with Crippen molar-refractivity contribution in [1.29, 1.82) is 0 Å². The van der Waals surface area contributed by atoms with Gasteiger partial charge in [0, 0.05) is 17.7 Å². The van der Waals surface area contributed by atoms with Crippen LogP contribution in [0.3, 0.4) is 0 Å². The van der Waals surface area contributed by atoms with Gasteiger partial charge in [0.2, 0.25) is 5.95 Å². The summed E-state index contributed by atoms with van der Waals surface area (Å²) in [7, 11) is 0. The Bertz CT molecular complexity index is 1040. The van der Waals surface area contributed by atoms with E-state index in [4.69, 9.17) is 11.6 Å². The van der Waals surface area contributed by atoms with Gasteiger partial charge in [-0.1, -0.05) is 42.8 Å². The van der Waals surface area contributed by atoms with Gasteiger partial charge in [-0.15, -0.1) is 13.2 Å². The van der Waals surface area contributed by atoms with Crippen LogP contribution in [-0.2, 0) is 0 Å². The van der Waals surface area contributed by atoms with Crippen molar-refractivity contribution >= 4 is 29.1 Å². The molecule has 0 unspecified atom stereocenters. The van der Waals surface area contributed by atoms with Crippen LogP contribution in [-0.4, -0.2) is 22.4 Å². The first kappa shape index (κ1) is 22.7. The lowest BCUT2D eigenvalue weighted by Gasteiger charge is -2.16. The summed E-state index contributed by atoms with van der Waals surface area (Å²) in [5.74, 6) is 0.479. The number of nitrogens with one attached hydrogen (secondary N) is 2. The topological polar surface area (TPSA) is 59.1 Å². The molecule has 0 amide bonds. The monoisotopic (exact) mass is 450 g/mol. The SMILES string of the molecule is CC[C@@H](C)Nc1nc(Nc2c(C)cccc2Cl)cc(-c2cccc(OC(F)(F)F)c2)n1. The van der Waals surface area contributed by atoms with Crippen LogP contribution in [0.1, 0.15) is 25.8 Å². The maximum Gasteiger partial charge on any atom is 0.573 e. The normalized spacial score (nSPS) is 12.4. The van der Waals surface area contributed by atoms with E-state index in [1.807, 2.05) is 32.9 Å². The smallest absolute Gasteiger partial charge is 0.406 e. The van der Waals surface area contributed by atoms with Gasteiger partial charge in [-0.3, -0.25) is 0 Å². The summed E-state index contributed by atoms with van der Waals surface area (Å²) in [6, 6.07) is 12.9. The highest BCUT2D eigenvalue weighted by atomic mass is 35.5. The molecule has 3 aromatic rings. The van der Waals surface area contributed by atoms with E-state index in [0.717, 1.165) is 12.0 Å². The minimum Gasteiger partial charge on any atom is -0.406 e. The van der Waals surface area contributed by atoms with Crippen molar-refractivity contribution < 1.29 is 17.9 Å². The van der Waals surface area contributed by atoms with Crippen LogP contribution < -0.4 is 15.4 Å². The van der Waals surface area contributed by atoms with Gasteiger partial charge in [-0.2, -0.15) is 4.98 Å². The second-order valence-electron chi connectivity index (χ2n) is 7.05. The van der Waals surface area contributed by atoms with E-state index in [9.17, 15) is 13.2 Å². The first-order chi connectivity index (χ1) is 14.6. The number of benzene rings is 2. The Kier molecular flexibility index (Phi) is 6.90. The molecule has 0 fully saturated rings. The maximum absolute atomic E-state index is 12.6. The molecular weight excluding hydrogens is 429 g/mol. The van der Waals surface area contributed by atoms with Crippen LogP contribution in [0.15, 0.2) is 48.5 Å². The van der Waals surface area contributed by atoms with Crippen molar-refractivity contribution in [3.63, 3.8) is 0 Å². The molecule has 0 aliphatic heterocycles. The van der Waals surface area contributed by atoms with Gasteiger partial charge in [-0.05, 0) is 44.0 Å². The number of aryl methyl sites for hydroxylation is 1. The number of para-hydroxylation sites is 1. The standard InChI is InChI=1S/C22H22ClF3N4O/c1-4-14(3)27-21-28-18(15-8-6-9-16(11-15)31-22(24,25)26)12-19(30-21)29-20-13(2)7-5-10-17(20)23/h5-12,14H,4H2,1-3H3,(H2,27,28,29,30)/t14-/m1/s1. The van der Waals surface area contributed by atoms with Gasteiger partial charge in [0.25, 0.3) is 0 Å². The van der Waals surface area contributed by atoms with Crippen molar-refractivity contribution in [2.45, 2.75) is 39.6 Å². The van der Waals surface area contributed by atoms with Crippen LogP contribution in [0.4, 0.5) is 30.6 Å². The van der Waals surface area contributed by atoms with Gasteiger partial charge in [0.05, 0.1) is 16.4 Å². The molecule has 5 nitrogen and oxygen atoms in total. The Hall–Kier alpha value is -3.00. The van der Waals surface area contributed by atoms with Gasteiger partial charge < -0.3 is 15.4 Å². The van der Waals surface area contributed by atoms with Crippen molar-refractivity contribution in [3.8, 4) is 17.0 Å². The first-order valence-electron chi connectivity index (χ1n) is 9.68. The molecule has 1 aromatic heterocycles. The Labute approximate surface area is 183 Å². The highest BCUT2D eigenvalue weighted by molar-refractivity contribution is 6.33. The van der Waals surface area contributed by atoms with Crippen molar-refractivity contribution in [2.75, 3.05) is 10.6 Å². The summed E-state index contributed by atoms with van der Waals surface area (Å²) in [6.45, 7) is 5.91. The fourth-order valence-electron chi connectivity index (χ4n) is 2.82. The molecule has 2 aromatic carbocycles. The Morgan fingerprint density at radius 2 is 1.84 bits per heavy atom. The van der Waals surface area contributed by atoms with E-state index < -0.39 is 6.36 Å². The van der Waals surface area contributed by atoms with Crippen molar-refractivity contribution in [1.82, 2.24) is 9.97 Å². The summed E-state index contributed by atoms with van der Waals surface area (Å²) >= 11 is 6.32. The molecule has 9 heteroatoms. The van der Waals surface area contributed by atoms with Crippen molar-refractivity contribution in [2.24, 2.45) is 0 Å². The third kappa shape index (κ3) is 6.24. The quantitative estimate of drug-likeness (QED) is 0.407. The van der Waals surface area contributed by atoms with E-state index >= 15 is 0 Å². The number of alkyl halides is 3. The van der Waals surface area contributed by atoms with Gasteiger partial charge >= 0.3 is 6.36 Å². The van der Waals surface area contributed by atoms with E-state index in [1.54, 1.807) is 18.2 Å². The molecule has 0 aliphatic carbocycles. The molecule has 0 saturated carbocycles. The average Bonchev–Trinajstić information content (AvgIpc) is 2.69. The van der Waals surface area contributed by atoms with Crippen molar-refractivity contribution in [3.05, 3.63) is 59.1 Å². The van der Waals surface area contributed by atoms with E-state index in [-0.39, 0.29) is 11.8 Å². The minimum absolute atomic E-state index is 0.102. The number of ether oxygens (including phenoxy) is 1. The third-order valence-electron chi connectivity index (χ3n) is 4.55. The van der Waals surface area contributed by atoms with Crippen LogP contribution in [0.2, 0.25) is 5.02 Å². The number of hydrogen-bond acceptors (Lipinski definition) is 5. The molecule has 0 aliphatic rings. The molecule has 0 saturated heterocycles. The van der Waals surface area contributed by atoms with Gasteiger partial charge in [0.1, 0.15) is 11.6 Å². The molecule has 0 spiro atoms. The molecule has 0 radical (unpaired) electrons. The Morgan fingerprint density at radius 1 is 1.10 bits per heavy atom. The lowest BCUT2D eigenvalue weighted by atomic mass is 10.1. The Morgan fingerprint density at radius 3 is 2.52 bits per heavy atom. The average molecular weight is 451 g/mol. The molecular formula is C22H22ClF3N4O. The zero-order chi connectivity index (χ0) is 22.6. The van der Waals surface area contributed by atoms with E-state index in [1.165, 1.54) is 18.2 Å². The fraction of sp³-hybridized carbons (Fsp3) is 0.273. The molecule has 2 N–H and O–H groups in total. The zero-order valence-electron chi connectivity index (χ0n) is 17.2. The van der Waals surface area contributed by atoms with E-state index in [2.05, 4.69) is 25.3 Å². The van der Waals surface area contributed by atoms with Crippen LogP contribution in [0.5, 0.6) is 5.75 Å². The largest absolute Gasteiger partial charge is 0.573 e. The minimum atomic E-state index is -4.78. The molecule has 31 heavy (non-hydrogen) atoms. The maximum atomic E-state index is 12.6. The molecule has 0 bridgehead atoms. The Balaban J connectivity index is 2.03. The number of halogens is 4. The van der Waals surface area contributed by atoms with E-state index in [0.29, 0.717) is 33.7 Å². The summed E-state index contributed by atoms with van der Waals surface area (Å²) < 4.78 is 41.9. The summed E-state index contributed by atoms with van der Waals surface area (Å²) in [6.07, 6.45) is -3.93. The zero-order valence-corrected chi connectivity index (χ0v) is 18.0. The van der Waals surface area contributed by atoms with Crippen LogP contribution in [0, 0.1) is 6.92 Å². The number of anilines is 3. The van der Waals surface area contributed by atoms with Gasteiger partial charge in [0.15, 0.2) is 0 Å². The summed E-state index contributed by atoms with van der Waals surface area (Å²) in [5, 5.41) is 6.93. The number of hydrogen-bond donors (Lipinski definition) is 2. The molecule has 3 rings (SSSR count). The number of aromatic nitrogens is 2. The summed E-state index contributed by atoms with van der Waals surface area (Å²) in [5.41, 5.74) is 2.50. The second-order valence-corrected chi connectivity index (χ2v) is 7.46. The summed E-state index contributed by atoms with van der Waals surface area (Å²) in [4.78, 5) is 8.99. The lowest BCUT2D eigenvalue weighted by molar-refractivity contribution is -0.274. The third-order valence-corrected chi connectivity index (χ3v) is 4.87. The highest BCUT2D eigenvalue weighted by Crippen LogP contribution is 2.32. The predicted molar refractivity (Wildman–Crippen MR) is 117 cm³/mol. The molecule has 164 valence electrons. The number of nitrogens with zero attached hydrogens (tertiary/aromatic N) is 2. The lowest BCUT2D eigenvalue weighted by Crippen LogP contribution is -2.17. The fourth-order valence-corrected chi connectivity index (χ4v) is 3.09. The highest BCUT2D eigenvalue weighted by Gasteiger charge is 2.31. The van der Waals surface area contributed by atoms with Crippen LogP contribution in [0.25, 0.3) is 11.3 Å². The molecule has 1 atom stereocenters.